The summed E-state index contributed by atoms with van der Waals surface area (Å²) in [5.41, 5.74) is 3.41. The van der Waals surface area contributed by atoms with Gasteiger partial charge in [-0.25, -0.2) is 9.37 Å². The summed E-state index contributed by atoms with van der Waals surface area (Å²) in [4.78, 5) is 9.53. The van der Waals surface area contributed by atoms with Gasteiger partial charge >= 0.3 is 0 Å². The molecular formula is C21H28FN3O. The molecule has 0 radical (unpaired) electrons. The minimum Gasteiger partial charge on any atom is -0.391 e. The number of rotatable bonds is 3. The molecule has 0 bridgehead atoms. The van der Waals surface area contributed by atoms with E-state index in [1.165, 1.54) is 11.1 Å². The fourth-order valence-corrected chi connectivity index (χ4v) is 4.17. The number of benzene rings is 1. The van der Waals surface area contributed by atoms with Gasteiger partial charge < -0.3 is 10.0 Å². The van der Waals surface area contributed by atoms with E-state index in [-0.39, 0.29) is 6.10 Å². The minimum absolute atomic E-state index is 0.283. The van der Waals surface area contributed by atoms with Crippen LogP contribution in [0.25, 0.3) is 10.9 Å². The molecule has 1 N–H and O–H groups in total. The predicted molar refractivity (Wildman–Crippen MR) is 103 cm³/mol. The van der Waals surface area contributed by atoms with E-state index in [0.717, 1.165) is 55.7 Å². The second kappa shape index (κ2) is 7.49. The third kappa shape index (κ3) is 3.84. The highest BCUT2D eigenvalue weighted by Crippen LogP contribution is 2.29. The van der Waals surface area contributed by atoms with E-state index in [0.29, 0.717) is 19.4 Å². The fourth-order valence-electron chi connectivity index (χ4n) is 4.17. The maximum Gasteiger partial charge on any atom is 0.133 e. The highest BCUT2D eigenvalue weighted by atomic mass is 19.1. The van der Waals surface area contributed by atoms with Crippen molar-refractivity contribution in [3.05, 3.63) is 35.4 Å². The zero-order chi connectivity index (χ0) is 18.1. The standard InChI is InChI=1S/C21H28FN3O/c1-15-4-5-20-16(11-15)12-17(13-24-9-6-18(22)7-10-24)21(23-20)25-8-2-3-19(26)14-25/h4-5,11-12,18-19,26H,2-3,6-10,13-14H2,1H3/t19-/m1/s1. The average molecular weight is 357 g/mol. The molecule has 1 aromatic heterocycles. The maximum atomic E-state index is 13.5. The molecule has 1 atom stereocenters. The van der Waals surface area contributed by atoms with Crippen LogP contribution in [0.3, 0.4) is 0 Å². The molecule has 1 aromatic carbocycles. The number of halogens is 1. The van der Waals surface area contributed by atoms with Gasteiger partial charge in [-0.2, -0.15) is 0 Å². The molecule has 2 fully saturated rings. The van der Waals surface area contributed by atoms with Gasteiger partial charge in [0.2, 0.25) is 0 Å². The van der Waals surface area contributed by atoms with Gasteiger partial charge in [0.25, 0.3) is 0 Å². The number of hydrogen-bond donors (Lipinski definition) is 1. The zero-order valence-electron chi connectivity index (χ0n) is 15.5. The molecule has 5 heteroatoms. The number of aromatic nitrogens is 1. The minimum atomic E-state index is -0.652. The number of nitrogens with zero attached hydrogens (tertiary/aromatic N) is 3. The summed E-state index contributed by atoms with van der Waals surface area (Å²) < 4.78 is 13.5. The topological polar surface area (TPSA) is 39.6 Å². The van der Waals surface area contributed by atoms with Crippen LogP contribution in [0.2, 0.25) is 0 Å². The Morgan fingerprint density at radius 1 is 1.15 bits per heavy atom. The highest BCUT2D eigenvalue weighted by molar-refractivity contribution is 5.82. The molecule has 2 aliphatic heterocycles. The molecule has 0 aliphatic carbocycles. The summed E-state index contributed by atoms with van der Waals surface area (Å²) in [7, 11) is 0. The van der Waals surface area contributed by atoms with Crippen molar-refractivity contribution in [2.24, 2.45) is 0 Å². The average Bonchev–Trinajstić information content (AvgIpc) is 2.63. The van der Waals surface area contributed by atoms with Crippen molar-refractivity contribution in [3.63, 3.8) is 0 Å². The Labute approximate surface area is 154 Å². The molecule has 26 heavy (non-hydrogen) atoms. The molecule has 140 valence electrons. The lowest BCUT2D eigenvalue weighted by Crippen LogP contribution is -2.40. The first-order valence-electron chi connectivity index (χ1n) is 9.78. The molecule has 0 unspecified atom stereocenters. The van der Waals surface area contributed by atoms with Gasteiger partial charge in [0.15, 0.2) is 0 Å². The first kappa shape index (κ1) is 17.7. The van der Waals surface area contributed by atoms with Crippen molar-refractivity contribution >= 4 is 16.7 Å². The summed E-state index contributed by atoms with van der Waals surface area (Å²) in [6.07, 6.45) is 2.16. The SMILES string of the molecule is Cc1ccc2nc(N3CCC[C@@H](O)C3)c(CN3CCC(F)CC3)cc2c1. The van der Waals surface area contributed by atoms with Gasteiger partial charge in [0, 0.05) is 43.7 Å². The van der Waals surface area contributed by atoms with E-state index in [1.807, 2.05) is 0 Å². The van der Waals surface area contributed by atoms with Crippen molar-refractivity contribution in [2.45, 2.75) is 51.4 Å². The van der Waals surface area contributed by atoms with Gasteiger partial charge in [0.05, 0.1) is 11.6 Å². The molecule has 4 nitrogen and oxygen atoms in total. The zero-order valence-corrected chi connectivity index (χ0v) is 15.5. The summed E-state index contributed by atoms with van der Waals surface area (Å²) in [5.74, 6) is 0.988. The van der Waals surface area contributed by atoms with Crippen molar-refractivity contribution in [3.8, 4) is 0 Å². The van der Waals surface area contributed by atoms with Crippen molar-refractivity contribution in [1.29, 1.82) is 0 Å². The summed E-state index contributed by atoms with van der Waals surface area (Å²) in [6.45, 7) is 6.07. The molecule has 4 rings (SSSR count). The Hall–Kier alpha value is -1.72. The quantitative estimate of drug-likeness (QED) is 0.913. The Morgan fingerprint density at radius 2 is 1.96 bits per heavy atom. The molecule has 3 heterocycles. The number of pyridine rings is 1. The van der Waals surface area contributed by atoms with Crippen LogP contribution in [0.15, 0.2) is 24.3 Å². The van der Waals surface area contributed by atoms with Crippen LogP contribution in [0.5, 0.6) is 0 Å². The van der Waals surface area contributed by atoms with Crippen LogP contribution in [0.1, 0.15) is 36.8 Å². The maximum absolute atomic E-state index is 13.5. The van der Waals surface area contributed by atoms with Gasteiger partial charge in [-0.15, -0.1) is 0 Å². The Kier molecular flexibility index (Phi) is 5.09. The summed E-state index contributed by atoms with van der Waals surface area (Å²) in [5, 5.41) is 11.3. The highest BCUT2D eigenvalue weighted by Gasteiger charge is 2.24. The fraction of sp³-hybridized carbons (Fsp3) is 0.571. The van der Waals surface area contributed by atoms with E-state index in [1.54, 1.807) is 0 Å². The smallest absolute Gasteiger partial charge is 0.133 e. The molecule has 0 spiro atoms. The monoisotopic (exact) mass is 357 g/mol. The largest absolute Gasteiger partial charge is 0.391 e. The molecule has 2 aliphatic rings. The van der Waals surface area contributed by atoms with Crippen LogP contribution in [-0.4, -0.2) is 53.4 Å². The summed E-state index contributed by atoms with van der Waals surface area (Å²) >= 11 is 0. The number of piperidine rings is 2. The Bertz CT molecular complexity index is 773. The second-order valence-corrected chi connectivity index (χ2v) is 7.86. The molecule has 0 saturated carbocycles. The number of aryl methyl sites for hydroxylation is 1. The lowest BCUT2D eigenvalue weighted by Gasteiger charge is -2.34. The number of aliphatic hydroxyl groups excluding tert-OH is 1. The first-order chi connectivity index (χ1) is 12.6. The van der Waals surface area contributed by atoms with Crippen molar-refractivity contribution in [1.82, 2.24) is 9.88 Å². The van der Waals surface area contributed by atoms with Crippen LogP contribution in [0.4, 0.5) is 10.2 Å². The lowest BCUT2D eigenvalue weighted by molar-refractivity contribution is 0.144. The van der Waals surface area contributed by atoms with Gasteiger partial charge in [-0.1, -0.05) is 11.6 Å². The number of anilines is 1. The third-order valence-electron chi connectivity index (χ3n) is 5.63. The van der Waals surface area contributed by atoms with Crippen molar-refractivity contribution in [2.75, 3.05) is 31.1 Å². The normalized spacial score (nSPS) is 22.9. The van der Waals surface area contributed by atoms with Gasteiger partial charge in [-0.05, 0) is 50.8 Å². The van der Waals surface area contributed by atoms with E-state index >= 15 is 0 Å². The molecule has 0 amide bonds. The Balaban J connectivity index is 1.68. The number of fused-ring (bicyclic) bond motifs is 1. The Morgan fingerprint density at radius 3 is 2.73 bits per heavy atom. The number of hydrogen-bond acceptors (Lipinski definition) is 4. The van der Waals surface area contributed by atoms with Gasteiger partial charge in [-0.3, -0.25) is 4.90 Å². The van der Waals surface area contributed by atoms with Crippen molar-refractivity contribution < 1.29 is 9.50 Å². The van der Waals surface area contributed by atoms with E-state index in [4.69, 9.17) is 4.98 Å². The van der Waals surface area contributed by atoms with Crippen LogP contribution in [0, 0.1) is 6.92 Å². The van der Waals surface area contributed by atoms with Gasteiger partial charge in [0.1, 0.15) is 12.0 Å². The first-order valence-corrected chi connectivity index (χ1v) is 9.78. The number of β-amino-alcohol motifs (C(OH)–C–C–N with tert-alkyl or cyclic N) is 1. The number of likely N-dealkylation sites (tertiary alicyclic amines) is 1. The summed E-state index contributed by atoms with van der Waals surface area (Å²) in [6, 6.07) is 8.59. The van der Waals surface area contributed by atoms with Crippen LogP contribution in [-0.2, 0) is 6.54 Å². The lowest BCUT2D eigenvalue weighted by atomic mass is 10.0. The van der Waals surface area contributed by atoms with Crippen LogP contribution >= 0.6 is 0 Å². The molecule has 2 aromatic rings. The number of alkyl halides is 1. The molecular weight excluding hydrogens is 329 g/mol. The molecule has 2 saturated heterocycles. The van der Waals surface area contributed by atoms with E-state index < -0.39 is 6.17 Å². The predicted octanol–water partition coefficient (Wildman–Crippen LogP) is 3.44. The second-order valence-electron chi connectivity index (χ2n) is 7.86. The van der Waals surface area contributed by atoms with Crippen LogP contribution < -0.4 is 4.90 Å². The van der Waals surface area contributed by atoms with E-state index in [2.05, 4.69) is 41.0 Å². The third-order valence-corrected chi connectivity index (χ3v) is 5.63. The van der Waals surface area contributed by atoms with E-state index in [9.17, 15) is 9.50 Å². The number of aliphatic hydroxyl groups is 1.